The van der Waals surface area contributed by atoms with Crippen molar-refractivity contribution >= 4 is 41.6 Å². The van der Waals surface area contributed by atoms with E-state index in [-0.39, 0.29) is 12.4 Å². The molecule has 6 nitrogen and oxygen atoms in total. The van der Waals surface area contributed by atoms with Crippen molar-refractivity contribution in [3.63, 3.8) is 0 Å². The van der Waals surface area contributed by atoms with E-state index in [0.717, 1.165) is 30.0 Å². The fourth-order valence-electron chi connectivity index (χ4n) is 2.77. The molecule has 1 heterocycles. The molecule has 0 bridgehead atoms. The second kappa shape index (κ2) is 9.90. The molecule has 0 amide bonds. The van der Waals surface area contributed by atoms with Crippen molar-refractivity contribution in [2.24, 2.45) is 0 Å². The number of nitrogens with zero attached hydrogens (tertiary/aromatic N) is 4. The number of anilines is 5. The van der Waals surface area contributed by atoms with Crippen LogP contribution in [0.3, 0.4) is 0 Å². The molecule has 0 radical (unpaired) electrons. The van der Waals surface area contributed by atoms with Gasteiger partial charge in [-0.15, -0.1) is 12.4 Å². The minimum atomic E-state index is 0. The van der Waals surface area contributed by atoms with E-state index in [1.807, 2.05) is 30.3 Å². The number of hydrogen-bond donors (Lipinski definition) is 2. The van der Waals surface area contributed by atoms with E-state index in [4.69, 9.17) is 0 Å². The zero-order chi connectivity index (χ0) is 19.2. The maximum Gasteiger partial charge on any atom is 0.233 e. The van der Waals surface area contributed by atoms with E-state index in [1.54, 1.807) is 0 Å². The van der Waals surface area contributed by atoms with Crippen molar-refractivity contribution in [1.82, 2.24) is 15.0 Å². The second-order valence-corrected chi connectivity index (χ2v) is 6.39. The largest absolute Gasteiger partial charge is 0.341 e. The average Bonchev–Trinajstić information content (AvgIpc) is 2.66. The lowest BCUT2D eigenvalue weighted by molar-refractivity contribution is 0.815. The summed E-state index contributed by atoms with van der Waals surface area (Å²) in [5, 5.41) is 6.62. The summed E-state index contributed by atoms with van der Waals surface area (Å²) in [4.78, 5) is 15.9. The van der Waals surface area contributed by atoms with Crippen LogP contribution in [-0.4, -0.2) is 28.0 Å². The van der Waals surface area contributed by atoms with E-state index in [2.05, 4.69) is 76.4 Å². The Hall–Kier alpha value is -2.86. The van der Waals surface area contributed by atoms with Gasteiger partial charge in [0.05, 0.1) is 0 Å². The zero-order valence-corrected chi connectivity index (χ0v) is 17.5. The van der Waals surface area contributed by atoms with Gasteiger partial charge in [-0.05, 0) is 57.0 Å². The molecular formula is C21H27ClN6. The van der Waals surface area contributed by atoms with Crippen LogP contribution in [0.4, 0.5) is 29.2 Å². The van der Waals surface area contributed by atoms with Crippen molar-refractivity contribution in [1.29, 1.82) is 0 Å². The first-order valence-corrected chi connectivity index (χ1v) is 9.26. The normalized spacial score (nSPS) is 10.1. The number of benzene rings is 2. The number of aryl methyl sites for hydroxylation is 2. The summed E-state index contributed by atoms with van der Waals surface area (Å²) in [6.07, 6.45) is 0. The minimum absolute atomic E-state index is 0. The van der Waals surface area contributed by atoms with Crippen LogP contribution in [0.5, 0.6) is 0 Å². The fraction of sp³-hybridized carbons (Fsp3) is 0.286. The SMILES string of the molecule is CCN(CC)c1nc(Nc2ccccc2)nc(Nc2cc(C)ccc2C)n1.Cl. The molecule has 3 aromatic rings. The molecule has 2 N–H and O–H groups in total. The fourth-order valence-corrected chi connectivity index (χ4v) is 2.77. The van der Waals surface area contributed by atoms with Crippen LogP contribution in [0, 0.1) is 13.8 Å². The molecule has 0 aliphatic heterocycles. The van der Waals surface area contributed by atoms with Crippen LogP contribution in [0.25, 0.3) is 0 Å². The Kier molecular flexibility index (Phi) is 7.58. The monoisotopic (exact) mass is 398 g/mol. The molecule has 0 spiro atoms. The summed E-state index contributed by atoms with van der Waals surface area (Å²) in [6, 6.07) is 16.2. The molecular weight excluding hydrogens is 372 g/mol. The molecule has 1 aromatic heterocycles. The number of para-hydroxylation sites is 1. The second-order valence-electron chi connectivity index (χ2n) is 6.39. The predicted octanol–water partition coefficient (Wildman–Crippen LogP) is 5.24. The summed E-state index contributed by atoms with van der Waals surface area (Å²) >= 11 is 0. The summed E-state index contributed by atoms with van der Waals surface area (Å²) in [6.45, 7) is 9.98. The topological polar surface area (TPSA) is 66.0 Å². The van der Waals surface area contributed by atoms with Gasteiger partial charge in [-0.1, -0.05) is 30.3 Å². The van der Waals surface area contributed by atoms with Gasteiger partial charge in [0.25, 0.3) is 0 Å². The number of halogens is 1. The van der Waals surface area contributed by atoms with Gasteiger partial charge in [0.2, 0.25) is 17.8 Å². The highest BCUT2D eigenvalue weighted by Gasteiger charge is 2.12. The highest BCUT2D eigenvalue weighted by Crippen LogP contribution is 2.23. The molecule has 0 fully saturated rings. The van der Waals surface area contributed by atoms with E-state index in [0.29, 0.717) is 17.8 Å². The van der Waals surface area contributed by atoms with Gasteiger partial charge in [-0.2, -0.15) is 15.0 Å². The van der Waals surface area contributed by atoms with Crippen LogP contribution in [-0.2, 0) is 0 Å². The van der Waals surface area contributed by atoms with E-state index >= 15 is 0 Å². The molecule has 28 heavy (non-hydrogen) atoms. The summed E-state index contributed by atoms with van der Waals surface area (Å²) in [5.41, 5.74) is 4.26. The van der Waals surface area contributed by atoms with Crippen LogP contribution in [0.2, 0.25) is 0 Å². The van der Waals surface area contributed by atoms with E-state index < -0.39 is 0 Å². The Morgan fingerprint density at radius 2 is 1.46 bits per heavy atom. The molecule has 2 aromatic carbocycles. The molecule has 0 unspecified atom stereocenters. The first-order chi connectivity index (χ1) is 13.1. The van der Waals surface area contributed by atoms with Gasteiger partial charge < -0.3 is 15.5 Å². The lowest BCUT2D eigenvalue weighted by atomic mass is 10.1. The standard InChI is InChI=1S/C21H26N6.ClH/c1-5-27(6-2)21-25-19(22-17-10-8-7-9-11-17)24-20(26-21)23-18-14-15(3)12-13-16(18)4;/h7-14H,5-6H2,1-4H3,(H2,22,23,24,25,26);1H. The number of hydrogen-bond acceptors (Lipinski definition) is 6. The number of nitrogens with one attached hydrogen (secondary N) is 2. The Bertz CT molecular complexity index is 897. The molecule has 0 atom stereocenters. The molecule has 3 rings (SSSR count). The van der Waals surface area contributed by atoms with Crippen LogP contribution >= 0.6 is 12.4 Å². The van der Waals surface area contributed by atoms with Crippen LogP contribution in [0.15, 0.2) is 48.5 Å². The van der Waals surface area contributed by atoms with Crippen molar-refractivity contribution in [2.45, 2.75) is 27.7 Å². The van der Waals surface area contributed by atoms with Gasteiger partial charge >= 0.3 is 0 Å². The van der Waals surface area contributed by atoms with Gasteiger partial charge in [-0.3, -0.25) is 0 Å². The summed E-state index contributed by atoms with van der Waals surface area (Å²) in [7, 11) is 0. The predicted molar refractivity (Wildman–Crippen MR) is 120 cm³/mol. The highest BCUT2D eigenvalue weighted by molar-refractivity contribution is 5.85. The van der Waals surface area contributed by atoms with Gasteiger partial charge in [0, 0.05) is 24.5 Å². The lowest BCUT2D eigenvalue weighted by Crippen LogP contribution is -2.25. The lowest BCUT2D eigenvalue weighted by Gasteiger charge is -2.20. The number of rotatable bonds is 7. The molecule has 7 heteroatoms. The van der Waals surface area contributed by atoms with Crippen molar-refractivity contribution in [2.75, 3.05) is 28.6 Å². The van der Waals surface area contributed by atoms with E-state index in [9.17, 15) is 0 Å². The Morgan fingerprint density at radius 3 is 2.11 bits per heavy atom. The van der Waals surface area contributed by atoms with Crippen molar-refractivity contribution < 1.29 is 0 Å². The highest BCUT2D eigenvalue weighted by atomic mass is 35.5. The molecule has 0 aliphatic carbocycles. The zero-order valence-electron chi connectivity index (χ0n) is 16.7. The van der Waals surface area contributed by atoms with Gasteiger partial charge in [0.15, 0.2) is 0 Å². The van der Waals surface area contributed by atoms with Crippen LogP contribution in [0.1, 0.15) is 25.0 Å². The first-order valence-electron chi connectivity index (χ1n) is 9.26. The number of aromatic nitrogens is 3. The molecule has 0 saturated heterocycles. The third-order valence-corrected chi connectivity index (χ3v) is 4.34. The molecule has 0 aliphatic rings. The maximum atomic E-state index is 4.64. The van der Waals surface area contributed by atoms with Crippen LogP contribution < -0.4 is 15.5 Å². The molecule has 0 saturated carbocycles. The third-order valence-electron chi connectivity index (χ3n) is 4.34. The summed E-state index contributed by atoms with van der Waals surface area (Å²) < 4.78 is 0. The van der Waals surface area contributed by atoms with Crippen molar-refractivity contribution in [3.8, 4) is 0 Å². The van der Waals surface area contributed by atoms with Gasteiger partial charge in [0.1, 0.15) is 0 Å². The maximum absolute atomic E-state index is 4.64. The third kappa shape index (κ3) is 5.33. The minimum Gasteiger partial charge on any atom is -0.341 e. The van der Waals surface area contributed by atoms with Crippen molar-refractivity contribution in [3.05, 3.63) is 59.7 Å². The summed E-state index contributed by atoms with van der Waals surface area (Å²) in [5.74, 6) is 1.70. The first kappa shape index (κ1) is 21.4. The average molecular weight is 399 g/mol. The molecule has 148 valence electrons. The Balaban J connectivity index is 0.00000280. The van der Waals surface area contributed by atoms with E-state index in [1.165, 1.54) is 5.56 Å². The van der Waals surface area contributed by atoms with Gasteiger partial charge in [-0.25, -0.2) is 0 Å². The quantitative estimate of drug-likeness (QED) is 0.567. The smallest absolute Gasteiger partial charge is 0.233 e. The Morgan fingerprint density at radius 1 is 0.821 bits per heavy atom. The Labute approximate surface area is 172 Å².